The highest BCUT2D eigenvalue weighted by molar-refractivity contribution is 4.97. The fourth-order valence-corrected chi connectivity index (χ4v) is 17.5. The second kappa shape index (κ2) is 35.5. The van der Waals surface area contributed by atoms with Gasteiger partial charge in [0.2, 0.25) is 0 Å². The fourth-order valence-electron chi connectivity index (χ4n) is 17.5. The lowest BCUT2D eigenvalue weighted by Gasteiger charge is -2.47. The zero-order valence-electron chi connectivity index (χ0n) is 58.3. The Morgan fingerprint density at radius 3 is 1.06 bits per heavy atom. The summed E-state index contributed by atoms with van der Waals surface area (Å²) in [6.45, 7) is 50.3. The van der Waals surface area contributed by atoms with Crippen LogP contribution in [-0.4, -0.2) is 0 Å². The van der Waals surface area contributed by atoms with Crippen molar-refractivity contribution in [3.05, 3.63) is 0 Å². The minimum atomic E-state index is 0.571. The van der Waals surface area contributed by atoms with Crippen LogP contribution in [0.15, 0.2) is 0 Å². The normalized spacial score (nSPS) is 37.3. The second-order valence-corrected chi connectivity index (χ2v) is 34.5. The average molecular weight is 1090 g/mol. The third-order valence-electron chi connectivity index (χ3n) is 26.5. The van der Waals surface area contributed by atoms with Crippen molar-refractivity contribution < 1.29 is 0 Å². The van der Waals surface area contributed by atoms with E-state index in [1.54, 1.807) is 25.7 Å². The molecule has 11 rings (SSSR count). The topological polar surface area (TPSA) is 0 Å². The molecule has 11 atom stereocenters. The quantitative estimate of drug-likeness (QED) is 0.259. The van der Waals surface area contributed by atoms with E-state index in [1.807, 2.05) is 0 Å². The molecular formula is C78H152. The van der Waals surface area contributed by atoms with Crippen molar-refractivity contribution in [1.29, 1.82) is 0 Å². The van der Waals surface area contributed by atoms with Crippen LogP contribution in [-0.2, 0) is 0 Å². The first-order chi connectivity index (χ1) is 36.5. The Kier molecular flexibility index (Phi) is 32.8. The molecular weight excluding hydrogens is 937 g/mol. The molecule has 4 bridgehead atoms. The molecule has 11 saturated carbocycles. The van der Waals surface area contributed by atoms with E-state index in [4.69, 9.17) is 0 Å². The molecule has 11 fully saturated rings. The molecule has 0 aromatic rings. The van der Waals surface area contributed by atoms with Gasteiger partial charge in [0.05, 0.1) is 0 Å². The van der Waals surface area contributed by atoms with Crippen LogP contribution < -0.4 is 0 Å². The molecule has 78 heavy (non-hydrogen) atoms. The van der Waals surface area contributed by atoms with Crippen molar-refractivity contribution in [2.45, 2.75) is 383 Å². The van der Waals surface area contributed by atoms with Gasteiger partial charge in [0.25, 0.3) is 0 Å². The van der Waals surface area contributed by atoms with Crippen LogP contribution in [0.3, 0.4) is 0 Å². The summed E-state index contributed by atoms with van der Waals surface area (Å²) in [7, 11) is 0. The summed E-state index contributed by atoms with van der Waals surface area (Å²) in [4.78, 5) is 0. The molecule has 0 amide bonds. The maximum Gasteiger partial charge on any atom is -0.0297 e. The first kappa shape index (κ1) is 72.3. The van der Waals surface area contributed by atoms with Crippen LogP contribution in [0.25, 0.3) is 0 Å². The molecule has 0 saturated heterocycles. The Morgan fingerprint density at radius 1 is 0.321 bits per heavy atom. The molecule has 0 radical (unpaired) electrons. The summed E-state index contributed by atoms with van der Waals surface area (Å²) in [5.41, 5.74) is 3.21. The van der Waals surface area contributed by atoms with Gasteiger partial charge in [-0.15, -0.1) is 0 Å². The van der Waals surface area contributed by atoms with Gasteiger partial charge in [-0.05, 0) is 193 Å². The summed E-state index contributed by atoms with van der Waals surface area (Å²) in [6.07, 6.45) is 54.8. The molecule has 0 N–H and O–H groups in total. The molecule has 0 heterocycles. The first-order valence-electron chi connectivity index (χ1n) is 36.5. The maximum atomic E-state index is 2.48. The molecule has 0 nitrogen and oxygen atoms in total. The van der Waals surface area contributed by atoms with Gasteiger partial charge in [0.1, 0.15) is 0 Å². The SMILES string of the molecule is CC1C(C)(C)CCCC1(C)C.CC1CC2CCC1(C)C2.CC1CC2CCC1C2.CC1CCC(C)(C)CC1.CC1CCCC(C)C1C.CC1CCCC[C@H]1C.CCC1CCCC1.CCC1CCCCC1.C[C@@H]1CCCCC1(C)C. The monoisotopic (exact) mass is 1090 g/mol. The predicted octanol–water partition coefficient (Wildman–Crippen LogP) is 27.1. The molecule has 0 heteroatoms. The smallest absolute Gasteiger partial charge is 0.0297 e. The molecule has 11 aliphatic rings. The van der Waals surface area contributed by atoms with Crippen molar-refractivity contribution >= 4 is 0 Å². The number of fused-ring (bicyclic) bond motifs is 4. The third kappa shape index (κ3) is 26.1. The summed E-state index contributed by atoms with van der Waals surface area (Å²) in [5, 5.41) is 0. The van der Waals surface area contributed by atoms with E-state index < -0.39 is 0 Å². The number of hydrogen-bond acceptors (Lipinski definition) is 0. The minimum absolute atomic E-state index is 0.571. The largest absolute Gasteiger partial charge is 0.0651 e. The van der Waals surface area contributed by atoms with Crippen molar-refractivity contribution in [2.24, 2.45) is 116 Å². The van der Waals surface area contributed by atoms with Crippen LogP contribution >= 0.6 is 0 Å². The maximum absolute atomic E-state index is 2.48. The minimum Gasteiger partial charge on any atom is -0.0651 e. The molecule has 0 aliphatic heterocycles. The van der Waals surface area contributed by atoms with Gasteiger partial charge in [-0.25, -0.2) is 0 Å². The fraction of sp³-hybridized carbons (Fsp3) is 1.00. The van der Waals surface area contributed by atoms with Crippen molar-refractivity contribution in [3.63, 3.8) is 0 Å². The molecule has 0 aromatic heterocycles. The Labute approximate surface area is 496 Å². The van der Waals surface area contributed by atoms with Crippen molar-refractivity contribution in [1.82, 2.24) is 0 Å². The standard InChI is InChI=1S/C11H22.C9H16.3C9H18.C8H14.2C8H16.C7H14/c1-9-10(2,3)7-6-8-11(9,4)5;1-7-5-8-3-4-9(7,2)6-8;1-8-4-6-9(2,3)7-5-8;1-8-6-4-5-7-9(8,2)3;1-7-5-4-6-8(2)9(7)3;1-6-4-7-2-3-8(6)5-7;1-7-5-3-4-6-8(7)2;1-2-8-6-4-3-5-7-8;1-2-7-5-3-4-6-7/h9H,6-8H2,1-5H3;7-8H,3-6H2,1-2H3;2*8H,4-7H2,1-3H3;7-9H,4-6H2,1-3H3;6-8H,2-5H2,1H3;7-8H,3-6H2,1-2H3;8H,2-7H2,1H3;7H,2-6H2,1H3/t;;;8-;;;7-,8?;;/m...1..1../s1. The van der Waals surface area contributed by atoms with E-state index >= 15 is 0 Å². The lowest BCUT2D eigenvalue weighted by Crippen LogP contribution is -2.38. The predicted molar refractivity (Wildman–Crippen MR) is 354 cm³/mol. The van der Waals surface area contributed by atoms with Crippen LogP contribution in [0.5, 0.6) is 0 Å². The number of rotatable bonds is 2. The summed E-state index contributed by atoms with van der Waals surface area (Å²) in [5.74, 6) is 15.4. The van der Waals surface area contributed by atoms with E-state index in [1.165, 1.54) is 212 Å². The lowest BCUT2D eigenvalue weighted by atomic mass is 9.58. The molecule has 0 aromatic carbocycles. The van der Waals surface area contributed by atoms with E-state index in [0.717, 1.165) is 94.2 Å². The zero-order valence-corrected chi connectivity index (χ0v) is 58.3. The van der Waals surface area contributed by atoms with Gasteiger partial charge < -0.3 is 0 Å². The van der Waals surface area contributed by atoms with E-state index in [2.05, 4.69) is 145 Å². The molecule has 0 spiro atoms. The van der Waals surface area contributed by atoms with Gasteiger partial charge in [-0.3, -0.25) is 0 Å². The summed E-state index contributed by atoms with van der Waals surface area (Å²) >= 11 is 0. The van der Waals surface area contributed by atoms with Crippen molar-refractivity contribution in [3.8, 4) is 0 Å². The van der Waals surface area contributed by atoms with Crippen LogP contribution in [0.4, 0.5) is 0 Å². The Balaban J connectivity index is 0.000000231. The lowest BCUT2D eigenvalue weighted by molar-refractivity contribution is 0.0286. The summed E-state index contributed by atoms with van der Waals surface area (Å²) < 4.78 is 0. The third-order valence-corrected chi connectivity index (χ3v) is 26.5. The Morgan fingerprint density at radius 2 is 0.782 bits per heavy atom. The first-order valence-corrected chi connectivity index (χ1v) is 36.5. The summed E-state index contributed by atoms with van der Waals surface area (Å²) in [6, 6.07) is 0. The van der Waals surface area contributed by atoms with Crippen molar-refractivity contribution in [2.75, 3.05) is 0 Å². The van der Waals surface area contributed by atoms with Gasteiger partial charge in [-0.2, -0.15) is 0 Å². The average Bonchev–Trinajstić information content (AvgIpc) is 4.27. The van der Waals surface area contributed by atoms with Gasteiger partial charge in [0.15, 0.2) is 0 Å². The van der Waals surface area contributed by atoms with E-state index in [-0.39, 0.29) is 0 Å². The Hall–Kier alpha value is 0. The number of hydrogen-bond donors (Lipinski definition) is 0. The van der Waals surface area contributed by atoms with Gasteiger partial charge >= 0.3 is 0 Å². The van der Waals surface area contributed by atoms with Crippen LogP contribution in [0.2, 0.25) is 0 Å². The van der Waals surface area contributed by atoms with E-state index in [0.29, 0.717) is 21.7 Å². The molecule has 11 aliphatic carbocycles. The van der Waals surface area contributed by atoms with Gasteiger partial charge in [0, 0.05) is 0 Å². The van der Waals surface area contributed by atoms with Crippen LogP contribution in [0.1, 0.15) is 383 Å². The molecule has 464 valence electrons. The highest BCUT2D eigenvalue weighted by atomic mass is 14.5. The molecule has 9 unspecified atom stereocenters. The van der Waals surface area contributed by atoms with E-state index in [9.17, 15) is 0 Å². The highest BCUT2D eigenvalue weighted by Gasteiger charge is 2.46. The van der Waals surface area contributed by atoms with Crippen LogP contribution in [0, 0.1) is 116 Å². The zero-order chi connectivity index (χ0) is 58.3. The van der Waals surface area contributed by atoms with Gasteiger partial charge in [-0.1, -0.05) is 306 Å². The highest BCUT2D eigenvalue weighted by Crippen LogP contribution is 2.57. The Bertz CT molecular complexity index is 1440. The second-order valence-electron chi connectivity index (χ2n) is 34.5.